The Morgan fingerprint density at radius 2 is 2.11 bits per heavy atom. The average molecular weight is 262 g/mol. The Labute approximate surface area is 112 Å². The van der Waals surface area contributed by atoms with Crippen LogP contribution in [-0.2, 0) is 9.59 Å². The van der Waals surface area contributed by atoms with Gasteiger partial charge >= 0.3 is 5.97 Å². The van der Waals surface area contributed by atoms with E-state index in [2.05, 4.69) is 4.98 Å². The van der Waals surface area contributed by atoms with E-state index in [-0.39, 0.29) is 12.3 Å². The molecule has 0 aliphatic carbocycles. The largest absolute Gasteiger partial charge is 0.481 e. The lowest BCUT2D eigenvalue weighted by Gasteiger charge is -2.37. The predicted molar refractivity (Wildman–Crippen MR) is 69.3 cm³/mol. The van der Waals surface area contributed by atoms with Gasteiger partial charge in [-0.2, -0.15) is 0 Å². The first-order valence-corrected chi connectivity index (χ1v) is 6.28. The van der Waals surface area contributed by atoms with E-state index in [0.29, 0.717) is 5.69 Å². The van der Waals surface area contributed by atoms with Crippen molar-refractivity contribution in [1.82, 2.24) is 9.88 Å². The quantitative estimate of drug-likeness (QED) is 0.883. The number of amides is 1. The summed E-state index contributed by atoms with van der Waals surface area (Å²) < 4.78 is 0. The van der Waals surface area contributed by atoms with Gasteiger partial charge in [-0.3, -0.25) is 14.6 Å². The van der Waals surface area contributed by atoms with Crippen molar-refractivity contribution in [3.63, 3.8) is 0 Å². The standard InChI is InChI=1S/C14H18N2O3/c1-14(2,3)16-11(17)8-9(13(18)19)12(16)10-6-4-5-7-15-10/h4-7,9,12H,8H2,1-3H3,(H,18,19). The number of rotatable bonds is 2. The molecule has 0 aromatic carbocycles. The topological polar surface area (TPSA) is 70.5 Å². The highest BCUT2D eigenvalue weighted by molar-refractivity contribution is 5.87. The summed E-state index contributed by atoms with van der Waals surface area (Å²) in [5, 5.41) is 9.34. The molecular formula is C14H18N2O3. The molecule has 19 heavy (non-hydrogen) atoms. The van der Waals surface area contributed by atoms with Crippen molar-refractivity contribution in [2.75, 3.05) is 0 Å². The van der Waals surface area contributed by atoms with Crippen LogP contribution in [0.4, 0.5) is 0 Å². The zero-order chi connectivity index (χ0) is 14.2. The number of pyridine rings is 1. The van der Waals surface area contributed by atoms with Gasteiger partial charge in [-0.25, -0.2) is 0 Å². The number of aliphatic carboxylic acids is 1. The van der Waals surface area contributed by atoms with Crippen LogP contribution in [0.3, 0.4) is 0 Å². The van der Waals surface area contributed by atoms with Gasteiger partial charge in [0.15, 0.2) is 0 Å². The van der Waals surface area contributed by atoms with Crippen molar-refractivity contribution >= 4 is 11.9 Å². The summed E-state index contributed by atoms with van der Waals surface area (Å²) in [4.78, 5) is 29.4. The fourth-order valence-electron chi connectivity index (χ4n) is 2.64. The molecule has 0 saturated carbocycles. The van der Waals surface area contributed by atoms with Gasteiger partial charge < -0.3 is 10.0 Å². The molecule has 0 bridgehead atoms. The second kappa shape index (κ2) is 4.64. The minimum atomic E-state index is -0.948. The molecule has 5 nitrogen and oxygen atoms in total. The molecule has 1 aromatic heterocycles. The zero-order valence-electron chi connectivity index (χ0n) is 11.3. The number of carbonyl (C=O) groups excluding carboxylic acids is 1. The Balaban J connectivity index is 2.48. The van der Waals surface area contributed by atoms with Crippen LogP contribution in [0.25, 0.3) is 0 Å². The molecule has 2 unspecified atom stereocenters. The molecule has 1 N–H and O–H groups in total. The van der Waals surface area contributed by atoms with Crippen LogP contribution in [-0.4, -0.2) is 32.4 Å². The van der Waals surface area contributed by atoms with Gasteiger partial charge in [0.05, 0.1) is 17.7 Å². The lowest BCUT2D eigenvalue weighted by molar-refractivity contribution is -0.143. The van der Waals surface area contributed by atoms with Gasteiger partial charge in [-0.1, -0.05) is 6.07 Å². The maximum Gasteiger partial charge on any atom is 0.309 e. The summed E-state index contributed by atoms with van der Waals surface area (Å²) in [5.74, 6) is -1.81. The van der Waals surface area contributed by atoms with Gasteiger partial charge in [0.25, 0.3) is 0 Å². The molecule has 1 aromatic rings. The molecule has 1 aliphatic heterocycles. The van der Waals surface area contributed by atoms with E-state index in [1.54, 1.807) is 23.2 Å². The average Bonchev–Trinajstić information content (AvgIpc) is 2.68. The normalized spacial score (nSPS) is 23.7. The number of aromatic nitrogens is 1. The molecule has 1 amide bonds. The molecule has 1 aliphatic rings. The minimum absolute atomic E-state index is 0.0356. The Morgan fingerprint density at radius 3 is 2.58 bits per heavy atom. The van der Waals surface area contributed by atoms with E-state index < -0.39 is 23.5 Å². The maximum absolute atomic E-state index is 12.2. The van der Waals surface area contributed by atoms with Crippen molar-refractivity contribution in [2.45, 2.75) is 38.8 Å². The molecule has 2 heterocycles. The van der Waals surface area contributed by atoms with Crippen molar-refractivity contribution in [3.8, 4) is 0 Å². The summed E-state index contributed by atoms with van der Waals surface area (Å²) in [6.45, 7) is 5.72. The SMILES string of the molecule is CC(C)(C)N1C(=O)CC(C(=O)O)C1c1ccccn1. The summed E-state index contributed by atoms with van der Waals surface area (Å²) in [6.07, 6.45) is 1.66. The number of hydrogen-bond acceptors (Lipinski definition) is 3. The monoisotopic (exact) mass is 262 g/mol. The fourth-order valence-corrected chi connectivity index (χ4v) is 2.64. The highest BCUT2D eigenvalue weighted by atomic mass is 16.4. The van der Waals surface area contributed by atoms with Crippen molar-refractivity contribution < 1.29 is 14.7 Å². The van der Waals surface area contributed by atoms with E-state index in [1.165, 1.54) is 0 Å². The van der Waals surface area contributed by atoms with Gasteiger partial charge in [-0.05, 0) is 32.9 Å². The van der Waals surface area contributed by atoms with Crippen molar-refractivity contribution in [1.29, 1.82) is 0 Å². The lowest BCUT2D eigenvalue weighted by Crippen LogP contribution is -2.44. The number of carboxylic acid groups (broad SMARTS) is 1. The van der Waals surface area contributed by atoms with E-state index in [4.69, 9.17) is 0 Å². The molecule has 0 radical (unpaired) electrons. The van der Waals surface area contributed by atoms with E-state index in [0.717, 1.165) is 0 Å². The van der Waals surface area contributed by atoms with Crippen LogP contribution in [0.15, 0.2) is 24.4 Å². The molecular weight excluding hydrogens is 244 g/mol. The number of hydrogen-bond donors (Lipinski definition) is 1. The Hall–Kier alpha value is -1.91. The van der Waals surface area contributed by atoms with E-state index in [1.807, 2.05) is 26.8 Å². The number of carboxylic acids is 1. The van der Waals surface area contributed by atoms with Crippen LogP contribution in [0.1, 0.15) is 38.9 Å². The third-order valence-corrected chi connectivity index (χ3v) is 3.35. The maximum atomic E-state index is 12.2. The second-order valence-corrected chi connectivity index (χ2v) is 5.78. The minimum Gasteiger partial charge on any atom is -0.481 e. The first-order chi connectivity index (χ1) is 8.82. The first-order valence-electron chi connectivity index (χ1n) is 6.28. The second-order valence-electron chi connectivity index (χ2n) is 5.78. The number of carbonyl (C=O) groups is 2. The molecule has 5 heteroatoms. The lowest BCUT2D eigenvalue weighted by atomic mass is 9.95. The summed E-state index contributed by atoms with van der Waals surface area (Å²) in [5.41, 5.74) is 0.208. The highest BCUT2D eigenvalue weighted by Crippen LogP contribution is 2.41. The van der Waals surface area contributed by atoms with Crippen LogP contribution in [0.2, 0.25) is 0 Å². The molecule has 2 atom stereocenters. The van der Waals surface area contributed by atoms with E-state index >= 15 is 0 Å². The van der Waals surface area contributed by atoms with Crippen molar-refractivity contribution in [2.24, 2.45) is 5.92 Å². The third kappa shape index (κ3) is 2.45. The zero-order valence-corrected chi connectivity index (χ0v) is 11.3. The van der Waals surface area contributed by atoms with Gasteiger partial charge in [0.1, 0.15) is 0 Å². The van der Waals surface area contributed by atoms with Gasteiger partial charge in [0.2, 0.25) is 5.91 Å². The van der Waals surface area contributed by atoms with Crippen LogP contribution in [0, 0.1) is 5.92 Å². The number of likely N-dealkylation sites (tertiary alicyclic amines) is 1. The molecule has 1 fully saturated rings. The molecule has 2 rings (SSSR count). The fraction of sp³-hybridized carbons (Fsp3) is 0.500. The van der Waals surface area contributed by atoms with Crippen molar-refractivity contribution in [3.05, 3.63) is 30.1 Å². The molecule has 102 valence electrons. The Morgan fingerprint density at radius 1 is 1.42 bits per heavy atom. The molecule has 1 saturated heterocycles. The van der Waals surface area contributed by atoms with Gasteiger partial charge in [0, 0.05) is 18.2 Å². The summed E-state index contributed by atoms with van der Waals surface area (Å²) in [7, 11) is 0. The molecule has 0 spiro atoms. The van der Waals surface area contributed by atoms with Crippen LogP contribution < -0.4 is 0 Å². The third-order valence-electron chi connectivity index (χ3n) is 3.35. The van der Waals surface area contributed by atoms with Crippen LogP contribution in [0.5, 0.6) is 0 Å². The Kier molecular flexibility index (Phi) is 3.30. The predicted octanol–water partition coefficient (Wildman–Crippen LogP) is 1.85. The van der Waals surface area contributed by atoms with E-state index in [9.17, 15) is 14.7 Å². The van der Waals surface area contributed by atoms with Gasteiger partial charge in [-0.15, -0.1) is 0 Å². The summed E-state index contributed by atoms with van der Waals surface area (Å²) in [6, 6.07) is 4.87. The highest BCUT2D eigenvalue weighted by Gasteiger charge is 2.49. The Bertz CT molecular complexity index is 493. The number of nitrogens with zero attached hydrogens (tertiary/aromatic N) is 2. The first kappa shape index (κ1) is 13.5. The van der Waals surface area contributed by atoms with Crippen LogP contribution >= 0.6 is 0 Å². The smallest absolute Gasteiger partial charge is 0.309 e. The summed E-state index contributed by atoms with van der Waals surface area (Å²) >= 11 is 0.